The zero-order valence-electron chi connectivity index (χ0n) is 37.8. The molecule has 0 radical (unpaired) electrons. The Morgan fingerprint density at radius 1 is 0.500 bits per heavy atom. The molecule has 2 aliphatic carbocycles. The minimum atomic E-state index is -0.278. The lowest BCUT2D eigenvalue weighted by molar-refractivity contribution is 0.524. The van der Waals surface area contributed by atoms with Crippen LogP contribution in [0.2, 0.25) is 0 Å². The third-order valence-corrected chi connectivity index (χ3v) is 13.9. The van der Waals surface area contributed by atoms with E-state index in [2.05, 4.69) is 209 Å². The van der Waals surface area contributed by atoms with Gasteiger partial charge in [0.05, 0.1) is 22.6 Å². The summed E-state index contributed by atoms with van der Waals surface area (Å²) in [7, 11) is 0. The Kier molecular flexibility index (Phi) is 10.2. The largest absolute Gasteiger partial charge is 0.337 e. The lowest BCUT2D eigenvalue weighted by atomic mass is 9.87. The maximum atomic E-state index is 14.8. The van der Waals surface area contributed by atoms with Gasteiger partial charge in [-0.15, -0.1) is 0 Å². The molecule has 3 atom stereocenters. The van der Waals surface area contributed by atoms with Gasteiger partial charge >= 0.3 is 0 Å². The van der Waals surface area contributed by atoms with E-state index in [9.17, 15) is 8.78 Å². The van der Waals surface area contributed by atoms with Gasteiger partial charge in [-0.1, -0.05) is 117 Å². The molecule has 2 aliphatic rings. The van der Waals surface area contributed by atoms with E-state index in [0.717, 1.165) is 73.5 Å². The van der Waals surface area contributed by atoms with Crippen LogP contribution in [0, 0.1) is 17.7 Å². The molecule has 4 nitrogen and oxygen atoms in total. The van der Waals surface area contributed by atoms with Crippen molar-refractivity contribution >= 4 is 61.5 Å². The standard InChI is InChI=1S/C62H48F2N4/c1-41-37-46(64)27-35-57(41)66(61-40-56-54-18-10-12-20-59(54)68(62(56)38-42(61)2)48-15-7-4-8-16-48)51-30-23-44(24-31-51)43-21-28-49(29-22-43)65(50-32-25-45(63)26-33-50)52-34-36-60-55(39-52)53-17-9-11-19-58(53)67(60)47-13-5-3-6-14-47/h3-37,39-42,57H,38H2,1-2H3. The zero-order valence-corrected chi connectivity index (χ0v) is 37.8. The average molecular weight is 887 g/mol. The van der Waals surface area contributed by atoms with E-state index in [1.54, 1.807) is 12.2 Å². The average Bonchev–Trinajstić information content (AvgIpc) is 3.88. The van der Waals surface area contributed by atoms with Crippen LogP contribution in [0.15, 0.2) is 230 Å². The monoisotopic (exact) mass is 886 g/mol. The second-order valence-electron chi connectivity index (χ2n) is 18.1. The summed E-state index contributed by atoms with van der Waals surface area (Å²) < 4.78 is 33.9. The van der Waals surface area contributed by atoms with Gasteiger partial charge in [0.2, 0.25) is 0 Å². The van der Waals surface area contributed by atoms with Crippen LogP contribution in [0.25, 0.3) is 61.3 Å². The number of allylic oxidation sites excluding steroid dienone is 3. The minimum Gasteiger partial charge on any atom is -0.337 e. The van der Waals surface area contributed by atoms with E-state index < -0.39 is 0 Å². The van der Waals surface area contributed by atoms with E-state index in [4.69, 9.17) is 0 Å². The Morgan fingerprint density at radius 2 is 1.03 bits per heavy atom. The number of para-hydroxylation sites is 4. The summed E-state index contributed by atoms with van der Waals surface area (Å²) in [5.74, 6) is -0.343. The fourth-order valence-corrected chi connectivity index (χ4v) is 10.7. The summed E-state index contributed by atoms with van der Waals surface area (Å²) in [5.41, 5.74) is 15.5. The van der Waals surface area contributed by atoms with Crippen LogP contribution in [0.4, 0.5) is 31.5 Å². The molecule has 0 aliphatic heterocycles. The molecule has 2 heterocycles. The number of halogens is 2. The first kappa shape index (κ1) is 41.2. The van der Waals surface area contributed by atoms with Crippen LogP contribution >= 0.6 is 0 Å². The second kappa shape index (κ2) is 16.9. The van der Waals surface area contributed by atoms with E-state index in [1.807, 2.05) is 24.3 Å². The first-order valence-corrected chi connectivity index (χ1v) is 23.5. The summed E-state index contributed by atoms with van der Waals surface area (Å²) in [6.45, 7) is 4.42. The Morgan fingerprint density at radius 3 is 1.68 bits per heavy atom. The van der Waals surface area contributed by atoms with Crippen molar-refractivity contribution in [1.29, 1.82) is 0 Å². The molecule has 3 unspecified atom stereocenters. The maximum Gasteiger partial charge on any atom is 0.123 e. The lowest BCUT2D eigenvalue weighted by Crippen LogP contribution is -2.41. The topological polar surface area (TPSA) is 16.3 Å². The predicted molar refractivity (Wildman–Crippen MR) is 279 cm³/mol. The quantitative estimate of drug-likeness (QED) is 0.144. The first-order chi connectivity index (χ1) is 33.4. The van der Waals surface area contributed by atoms with Crippen molar-refractivity contribution in [3.63, 3.8) is 0 Å². The van der Waals surface area contributed by atoms with Crippen LogP contribution in [-0.2, 0) is 6.42 Å². The third-order valence-electron chi connectivity index (χ3n) is 13.9. The van der Waals surface area contributed by atoms with Gasteiger partial charge in [0.1, 0.15) is 11.6 Å². The summed E-state index contributed by atoms with van der Waals surface area (Å²) in [5, 5.41) is 3.52. The summed E-state index contributed by atoms with van der Waals surface area (Å²) >= 11 is 0. The SMILES string of the molecule is CC1Cc2c(c3ccccc3n2-c2ccccc2)C=C1N(c1ccc(-c2ccc(N(c3ccc(F)cc3)c3ccc4c(c3)c3ccccc3n4-c3ccccc3)cc2)cc1)C1C=CC(F)=CC1C. The molecule has 0 saturated carbocycles. The van der Waals surface area contributed by atoms with Crippen molar-refractivity contribution in [2.24, 2.45) is 11.8 Å². The van der Waals surface area contributed by atoms with E-state index in [0.29, 0.717) is 0 Å². The van der Waals surface area contributed by atoms with Gasteiger partial charge in [0.25, 0.3) is 0 Å². The number of nitrogens with zero attached hydrogens (tertiary/aromatic N) is 4. The van der Waals surface area contributed by atoms with Crippen LogP contribution in [0.5, 0.6) is 0 Å². The van der Waals surface area contributed by atoms with Crippen molar-refractivity contribution in [3.8, 4) is 22.5 Å². The summed E-state index contributed by atoms with van der Waals surface area (Å²) in [6.07, 6.45) is 8.63. The molecule has 6 heteroatoms. The van der Waals surface area contributed by atoms with Crippen molar-refractivity contribution in [2.45, 2.75) is 26.3 Å². The van der Waals surface area contributed by atoms with E-state index in [-0.39, 0.29) is 29.5 Å². The molecule has 68 heavy (non-hydrogen) atoms. The molecule has 10 aromatic rings. The highest BCUT2D eigenvalue weighted by molar-refractivity contribution is 6.10. The number of hydrogen-bond donors (Lipinski definition) is 0. The van der Waals surface area contributed by atoms with Crippen molar-refractivity contribution in [3.05, 3.63) is 247 Å². The normalized spacial score (nSPS) is 16.7. The highest BCUT2D eigenvalue weighted by atomic mass is 19.1. The molecular formula is C62H48F2N4. The molecule has 0 saturated heterocycles. The van der Waals surface area contributed by atoms with Crippen LogP contribution in [-0.4, -0.2) is 15.2 Å². The van der Waals surface area contributed by atoms with Gasteiger partial charge in [-0.2, -0.15) is 0 Å². The number of fused-ring (bicyclic) bond motifs is 6. The Balaban J connectivity index is 0.910. The molecule has 8 aromatic carbocycles. The molecule has 0 spiro atoms. The van der Waals surface area contributed by atoms with E-state index >= 15 is 0 Å². The Bertz CT molecular complexity index is 3580. The summed E-state index contributed by atoms with van der Waals surface area (Å²) in [6, 6.07) is 68.9. The highest BCUT2D eigenvalue weighted by Gasteiger charge is 2.33. The lowest BCUT2D eigenvalue weighted by Gasteiger charge is -2.41. The summed E-state index contributed by atoms with van der Waals surface area (Å²) in [4.78, 5) is 4.63. The first-order valence-electron chi connectivity index (χ1n) is 23.5. The Hall–Kier alpha value is -8.22. The molecular weight excluding hydrogens is 839 g/mol. The van der Waals surface area contributed by atoms with Gasteiger partial charge in [0.15, 0.2) is 0 Å². The molecule has 0 bridgehead atoms. The van der Waals surface area contributed by atoms with Crippen molar-refractivity contribution < 1.29 is 8.78 Å². The number of anilines is 4. The molecule has 12 rings (SSSR count). The maximum absolute atomic E-state index is 14.8. The molecule has 0 fully saturated rings. The number of hydrogen-bond acceptors (Lipinski definition) is 2. The highest BCUT2D eigenvalue weighted by Crippen LogP contribution is 2.44. The smallest absolute Gasteiger partial charge is 0.123 e. The zero-order chi connectivity index (χ0) is 45.9. The van der Waals surface area contributed by atoms with Gasteiger partial charge in [-0.25, -0.2) is 8.78 Å². The fraction of sp³-hybridized carbons (Fsp3) is 0.0968. The van der Waals surface area contributed by atoms with Gasteiger partial charge in [-0.05, 0) is 139 Å². The van der Waals surface area contributed by atoms with E-state index in [1.165, 1.54) is 40.0 Å². The van der Waals surface area contributed by atoms with Gasteiger partial charge in [-0.3, -0.25) is 0 Å². The third kappa shape index (κ3) is 7.12. The molecule has 0 amide bonds. The van der Waals surface area contributed by atoms with Crippen LogP contribution in [0.3, 0.4) is 0 Å². The van der Waals surface area contributed by atoms with Crippen LogP contribution < -0.4 is 9.80 Å². The molecule has 0 N–H and O–H groups in total. The van der Waals surface area contributed by atoms with Crippen LogP contribution in [0.1, 0.15) is 25.1 Å². The number of aromatic nitrogens is 2. The minimum absolute atomic E-state index is 0.0559. The fourth-order valence-electron chi connectivity index (χ4n) is 10.7. The molecule has 330 valence electrons. The van der Waals surface area contributed by atoms with Gasteiger partial charge < -0.3 is 18.9 Å². The molecule has 2 aromatic heterocycles. The van der Waals surface area contributed by atoms with Gasteiger partial charge in [0, 0.05) is 79.1 Å². The predicted octanol–water partition coefficient (Wildman–Crippen LogP) is 16.5. The Labute approximate surface area is 395 Å². The van der Waals surface area contributed by atoms with Crippen molar-refractivity contribution in [2.75, 3.05) is 9.80 Å². The van der Waals surface area contributed by atoms with Crippen molar-refractivity contribution in [1.82, 2.24) is 9.13 Å². The second-order valence-corrected chi connectivity index (χ2v) is 18.1. The number of benzene rings is 8. The number of rotatable bonds is 9.